The molecule has 330 valence electrons. The molecule has 0 saturated carbocycles. The zero-order valence-corrected chi connectivity index (χ0v) is 38.2. The van der Waals surface area contributed by atoms with Gasteiger partial charge in [0.1, 0.15) is 19.8 Å². The lowest BCUT2D eigenvalue weighted by atomic mass is 10.0. The number of esters is 1. The second kappa shape index (κ2) is 40.6. The first kappa shape index (κ1) is 54.8. The van der Waals surface area contributed by atoms with Gasteiger partial charge in [-0.15, -0.1) is 0 Å². The normalized spacial score (nSPS) is 14.4. The van der Waals surface area contributed by atoms with E-state index in [1.807, 2.05) is 27.2 Å². The third-order valence-corrected chi connectivity index (χ3v) is 10.3. The Morgan fingerprint density at radius 2 is 1.04 bits per heavy atom. The van der Waals surface area contributed by atoms with E-state index in [1.54, 1.807) is 6.26 Å². The zero-order chi connectivity index (χ0) is 42.0. The summed E-state index contributed by atoms with van der Waals surface area (Å²) in [6.45, 7) is 4.55. The molecule has 2 atom stereocenters. The van der Waals surface area contributed by atoms with Crippen LogP contribution in [0.4, 0.5) is 0 Å². The largest absolute Gasteiger partial charge is 0.756 e. The quantitative estimate of drug-likeness (QED) is 0.0151. The monoisotopic (exact) mass is 820 g/mol. The smallest absolute Gasteiger partial charge is 0.305 e. The number of carbonyl (C=O) groups is 1. The van der Waals surface area contributed by atoms with Crippen molar-refractivity contribution in [1.82, 2.24) is 0 Å². The highest BCUT2D eigenvalue weighted by molar-refractivity contribution is 7.45. The van der Waals surface area contributed by atoms with Crippen LogP contribution in [0.5, 0.6) is 0 Å². The molecule has 9 heteroatoms. The summed E-state index contributed by atoms with van der Waals surface area (Å²) in [6, 6.07) is 0. The zero-order valence-electron chi connectivity index (χ0n) is 37.3. The van der Waals surface area contributed by atoms with Gasteiger partial charge in [-0.05, 0) is 70.3 Å². The molecule has 0 rings (SSSR count). The molecule has 0 N–H and O–H groups in total. The average Bonchev–Trinajstić information content (AvgIpc) is 3.17. The first-order valence-corrected chi connectivity index (χ1v) is 24.2. The van der Waals surface area contributed by atoms with Gasteiger partial charge < -0.3 is 27.9 Å². The number of hydrogen-bond acceptors (Lipinski definition) is 7. The van der Waals surface area contributed by atoms with Crippen molar-refractivity contribution < 1.29 is 37.3 Å². The van der Waals surface area contributed by atoms with Crippen LogP contribution in [0, 0.1) is 0 Å². The highest BCUT2D eigenvalue weighted by Gasteiger charge is 2.19. The van der Waals surface area contributed by atoms with Crippen LogP contribution in [-0.2, 0) is 27.9 Å². The van der Waals surface area contributed by atoms with Gasteiger partial charge in [0.15, 0.2) is 6.10 Å². The van der Waals surface area contributed by atoms with Gasteiger partial charge >= 0.3 is 5.97 Å². The Kier molecular flexibility index (Phi) is 39.0. The summed E-state index contributed by atoms with van der Waals surface area (Å²) in [7, 11) is 1.33. The van der Waals surface area contributed by atoms with Crippen molar-refractivity contribution in [2.24, 2.45) is 0 Å². The van der Waals surface area contributed by atoms with Crippen molar-refractivity contribution in [1.29, 1.82) is 0 Å². The molecule has 2 unspecified atom stereocenters. The molecular weight excluding hydrogens is 734 g/mol. The molecule has 0 radical (unpaired) electrons. The van der Waals surface area contributed by atoms with E-state index in [-0.39, 0.29) is 25.8 Å². The van der Waals surface area contributed by atoms with Crippen LogP contribution in [-0.4, -0.2) is 64.1 Å². The van der Waals surface area contributed by atoms with E-state index in [1.165, 1.54) is 83.5 Å². The number of rotatable bonds is 41. The third-order valence-electron chi connectivity index (χ3n) is 9.36. The van der Waals surface area contributed by atoms with Crippen LogP contribution < -0.4 is 4.89 Å². The standard InChI is InChI=1S/C48H86NO7P/c1-6-8-10-12-14-16-18-20-22-24-25-26-27-29-31-33-35-37-39-41-48(50)54-45-47(46-56-57(51,52)55-44-42-49(3,4)5)53-43-40-38-36-34-32-30-28-23-21-19-17-15-13-11-9-7-2/h8,10,14,16,20,22,25-26,29,31,40,43,47H,6-7,9,11-13,15,17-19,21,23-24,27-28,30,32-39,41-42,44-46H2,1-5H3/b10-8-,16-14-,22-20-,26-25-,31-29-,43-40-. The van der Waals surface area contributed by atoms with Crippen LogP contribution in [0.3, 0.4) is 0 Å². The number of nitrogens with zero attached hydrogens (tertiary/aromatic N) is 1. The number of ether oxygens (including phenoxy) is 2. The molecule has 8 nitrogen and oxygen atoms in total. The number of phosphoric ester groups is 1. The molecule has 0 fully saturated rings. The lowest BCUT2D eigenvalue weighted by Gasteiger charge is -2.28. The lowest BCUT2D eigenvalue weighted by molar-refractivity contribution is -0.870. The second-order valence-electron chi connectivity index (χ2n) is 16.1. The molecule has 0 aliphatic rings. The Labute approximate surface area is 351 Å². The summed E-state index contributed by atoms with van der Waals surface area (Å²) >= 11 is 0. The third kappa shape index (κ3) is 44.7. The van der Waals surface area contributed by atoms with Gasteiger partial charge in [-0.25, -0.2) is 0 Å². The van der Waals surface area contributed by atoms with E-state index in [2.05, 4.69) is 74.6 Å². The fourth-order valence-corrected chi connectivity index (χ4v) is 6.52. The molecule has 0 bridgehead atoms. The maximum Gasteiger partial charge on any atom is 0.305 e. The van der Waals surface area contributed by atoms with Crippen molar-refractivity contribution in [3.05, 3.63) is 73.1 Å². The van der Waals surface area contributed by atoms with Crippen LogP contribution in [0.1, 0.15) is 174 Å². The molecule has 0 aliphatic heterocycles. The van der Waals surface area contributed by atoms with Crippen LogP contribution >= 0.6 is 7.82 Å². The van der Waals surface area contributed by atoms with Crippen molar-refractivity contribution in [3.63, 3.8) is 0 Å². The molecule has 0 aromatic carbocycles. The predicted octanol–water partition coefficient (Wildman–Crippen LogP) is 13.2. The van der Waals surface area contributed by atoms with Gasteiger partial charge in [-0.2, -0.15) is 0 Å². The Balaban J connectivity index is 4.34. The van der Waals surface area contributed by atoms with Crippen LogP contribution in [0.2, 0.25) is 0 Å². The highest BCUT2D eigenvalue weighted by atomic mass is 31.2. The van der Waals surface area contributed by atoms with E-state index >= 15 is 0 Å². The molecule has 0 aromatic rings. The Morgan fingerprint density at radius 1 is 0.579 bits per heavy atom. The Hall–Kier alpha value is -2.22. The highest BCUT2D eigenvalue weighted by Crippen LogP contribution is 2.38. The molecule has 0 heterocycles. The van der Waals surface area contributed by atoms with E-state index < -0.39 is 13.9 Å². The summed E-state index contributed by atoms with van der Waals surface area (Å²) in [4.78, 5) is 24.9. The minimum atomic E-state index is -4.53. The summed E-state index contributed by atoms with van der Waals surface area (Å²) in [5.41, 5.74) is 0. The summed E-state index contributed by atoms with van der Waals surface area (Å²) in [5, 5.41) is 0. The number of likely N-dealkylation sites (N-methyl/N-ethyl adjacent to an activating group) is 1. The van der Waals surface area contributed by atoms with E-state index in [0.29, 0.717) is 17.4 Å². The van der Waals surface area contributed by atoms with Gasteiger partial charge in [-0.3, -0.25) is 9.36 Å². The minimum Gasteiger partial charge on any atom is -0.756 e. The lowest BCUT2D eigenvalue weighted by Crippen LogP contribution is -2.37. The number of phosphoric acid groups is 1. The number of carbonyl (C=O) groups excluding carboxylic acids is 1. The molecule has 57 heavy (non-hydrogen) atoms. The molecule has 0 amide bonds. The van der Waals surface area contributed by atoms with E-state index in [9.17, 15) is 14.3 Å². The number of hydrogen-bond donors (Lipinski definition) is 0. The van der Waals surface area contributed by atoms with Gasteiger partial charge in [0.25, 0.3) is 7.82 Å². The fourth-order valence-electron chi connectivity index (χ4n) is 5.79. The first-order chi connectivity index (χ1) is 27.6. The van der Waals surface area contributed by atoms with Gasteiger partial charge in [0, 0.05) is 6.42 Å². The van der Waals surface area contributed by atoms with Gasteiger partial charge in [0.05, 0.1) is 34.0 Å². The molecule has 0 aliphatic carbocycles. The Bertz CT molecular complexity index is 1140. The van der Waals surface area contributed by atoms with Crippen molar-refractivity contribution in [2.45, 2.75) is 180 Å². The van der Waals surface area contributed by atoms with Crippen LogP contribution in [0.15, 0.2) is 73.1 Å². The summed E-state index contributed by atoms with van der Waals surface area (Å²) < 4.78 is 34.4. The van der Waals surface area contributed by atoms with Crippen molar-refractivity contribution >= 4 is 13.8 Å². The van der Waals surface area contributed by atoms with E-state index in [0.717, 1.165) is 70.6 Å². The number of quaternary nitrogens is 1. The fraction of sp³-hybridized carbons (Fsp3) is 0.729. The SMILES string of the molecule is CC/C=C\C/C=C\C/C=C\C/C=C\C/C=C\CCCCCC(=O)OCC(COP(=O)([O-])OCC[N+](C)(C)C)O/C=C\CCCCCCCCCCCCCCCC. The Morgan fingerprint density at radius 3 is 1.54 bits per heavy atom. The van der Waals surface area contributed by atoms with Crippen LogP contribution in [0.25, 0.3) is 0 Å². The summed E-state index contributed by atoms with van der Waals surface area (Å²) in [5.74, 6) is -0.325. The van der Waals surface area contributed by atoms with Crippen molar-refractivity contribution in [3.8, 4) is 0 Å². The second-order valence-corrected chi connectivity index (χ2v) is 17.5. The molecule has 0 saturated heterocycles. The summed E-state index contributed by atoms with van der Waals surface area (Å²) in [6.07, 6.45) is 53.0. The van der Waals surface area contributed by atoms with E-state index in [4.69, 9.17) is 18.5 Å². The molecular formula is C48H86NO7P. The van der Waals surface area contributed by atoms with Gasteiger partial charge in [-0.1, -0.05) is 164 Å². The maximum atomic E-state index is 12.5. The molecule has 0 aromatic heterocycles. The number of unbranched alkanes of at least 4 members (excludes halogenated alkanes) is 17. The number of allylic oxidation sites excluding steroid dienone is 11. The molecule has 0 spiro atoms. The average molecular weight is 820 g/mol. The first-order valence-electron chi connectivity index (χ1n) is 22.7. The predicted molar refractivity (Wildman–Crippen MR) is 240 cm³/mol. The van der Waals surface area contributed by atoms with Crippen molar-refractivity contribution in [2.75, 3.05) is 47.5 Å². The van der Waals surface area contributed by atoms with Gasteiger partial charge in [0.2, 0.25) is 0 Å². The topological polar surface area (TPSA) is 94.1 Å². The minimum absolute atomic E-state index is 0.0188. The maximum absolute atomic E-state index is 12.5.